The molecule has 0 aliphatic heterocycles. The molecule has 0 atom stereocenters. The summed E-state index contributed by atoms with van der Waals surface area (Å²) in [6, 6.07) is 8.83. The van der Waals surface area contributed by atoms with Gasteiger partial charge in [-0.1, -0.05) is 0 Å². The standard InChI is InChI=1S/C14H12BrF3N2O/c1-21-9-3-4-11(15)13(7-9)20-8-2-5-12(19)10(6-8)14(16,17)18/h2-7,20H,19H2,1H3. The molecule has 3 nitrogen and oxygen atoms in total. The van der Waals surface area contributed by atoms with E-state index in [1.165, 1.54) is 19.2 Å². The monoisotopic (exact) mass is 360 g/mol. The number of methoxy groups -OCH3 is 1. The zero-order valence-corrected chi connectivity index (χ0v) is 12.5. The number of hydrogen-bond donors (Lipinski definition) is 2. The first kappa shape index (κ1) is 15.5. The van der Waals surface area contributed by atoms with E-state index in [1.807, 2.05) is 0 Å². The molecule has 2 rings (SSSR count). The van der Waals surface area contributed by atoms with Crippen LogP contribution in [0, 0.1) is 0 Å². The number of benzene rings is 2. The average Bonchev–Trinajstić information content (AvgIpc) is 2.42. The van der Waals surface area contributed by atoms with Gasteiger partial charge in [0.15, 0.2) is 0 Å². The summed E-state index contributed by atoms with van der Waals surface area (Å²) in [5.74, 6) is 0.590. The molecule has 0 aromatic heterocycles. The quantitative estimate of drug-likeness (QED) is 0.772. The second kappa shape index (κ2) is 5.85. The number of halogens is 4. The predicted octanol–water partition coefficient (Wildman–Crippen LogP) is 4.80. The van der Waals surface area contributed by atoms with Crippen molar-refractivity contribution < 1.29 is 17.9 Å². The van der Waals surface area contributed by atoms with Gasteiger partial charge in [-0.25, -0.2) is 0 Å². The van der Waals surface area contributed by atoms with Crippen molar-refractivity contribution in [3.05, 3.63) is 46.4 Å². The molecule has 0 aliphatic rings. The highest BCUT2D eigenvalue weighted by molar-refractivity contribution is 9.10. The van der Waals surface area contributed by atoms with Crippen molar-refractivity contribution in [2.45, 2.75) is 6.18 Å². The number of nitrogen functional groups attached to an aromatic ring is 1. The summed E-state index contributed by atoms with van der Waals surface area (Å²) >= 11 is 3.32. The van der Waals surface area contributed by atoms with Crippen LogP contribution in [0.3, 0.4) is 0 Å². The minimum Gasteiger partial charge on any atom is -0.497 e. The molecule has 2 aromatic rings. The lowest BCUT2D eigenvalue weighted by Gasteiger charge is -2.14. The first-order valence-electron chi connectivity index (χ1n) is 5.88. The molecule has 0 heterocycles. The Morgan fingerprint density at radius 3 is 2.48 bits per heavy atom. The number of nitrogens with one attached hydrogen (secondary N) is 1. The molecule has 0 bridgehead atoms. The molecular formula is C14H12BrF3N2O. The molecule has 0 spiro atoms. The maximum Gasteiger partial charge on any atom is 0.418 e. The van der Waals surface area contributed by atoms with Gasteiger partial charge >= 0.3 is 6.18 Å². The molecule has 0 radical (unpaired) electrons. The third kappa shape index (κ3) is 3.60. The Morgan fingerprint density at radius 1 is 1.14 bits per heavy atom. The predicted molar refractivity (Wildman–Crippen MR) is 79.8 cm³/mol. The highest BCUT2D eigenvalue weighted by atomic mass is 79.9. The van der Waals surface area contributed by atoms with Gasteiger partial charge in [-0.3, -0.25) is 0 Å². The fraction of sp³-hybridized carbons (Fsp3) is 0.143. The van der Waals surface area contributed by atoms with E-state index in [9.17, 15) is 13.2 Å². The van der Waals surface area contributed by atoms with Crippen LogP contribution in [-0.2, 0) is 6.18 Å². The van der Waals surface area contributed by atoms with Crippen molar-refractivity contribution in [2.24, 2.45) is 0 Å². The van der Waals surface area contributed by atoms with Gasteiger partial charge in [-0.05, 0) is 46.3 Å². The van der Waals surface area contributed by atoms with E-state index in [4.69, 9.17) is 10.5 Å². The van der Waals surface area contributed by atoms with Crippen molar-refractivity contribution in [3.8, 4) is 5.75 Å². The number of rotatable bonds is 3. The van der Waals surface area contributed by atoms with Crippen LogP contribution in [0.2, 0.25) is 0 Å². The molecule has 0 fully saturated rings. The Morgan fingerprint density at radius 2 is 1.86 bits per heavy atom. The Labute approximate surface area is 128 Å². The molecule has 21 heavy (non-hydrogen) atoms. The van der Waals surface area contributed by atoms with Crippen LogP contribution in [-0.4, -0.2) is 7.11 Å². The smallest absolute Gasteiger partial charge is 0.418 e. The summed E-state index contributed by atoms with van der Waals surface area (Å²) < 4.78 is 44.3. The Hall–Kier alpha value is -1.89. The zero-order chi connectivity index (χ0) is 15.6. The van der Waals surface area contributed by atoms with Crippen LogP contribution in [0.25, 0.3) is 0 Å². The summed E-state index contributed by atoms with van der Waals surface area (Å²) in [7, 11) is 1.51. The lowest BCUT2D eigenvalue weighted by molar-refractivity contribution is -0.136. The van der Waals surface area contributed by atoms with Crippen LogP contribution in [0.5, 0.6) is 5.75 Å². The summed E-state index contributed by atoms with van der Waals surface area (Å²) in [4.78, 5) is 0. The summed E-state index contributed by atoms with van der Waals surface area (Å²) in [5, 5.41) is 2.90. The van der Waals surface area contributed by atoms with E-state index >= 15 is 0 Å². The van der Waals surface area contributed by atoms with Crippen LogP contribution in [0.15, 0.2) is 40.9 Å². The van der Waals surface area contributed by atoms with Crippen LogP contribution >= 0.6 is 15.9 Å². The molecule has 2 aromatic carbocycles. The van der Waals surface area contributed by atoms with E-state index in [0.29, 0.717) is 15.9 Å². The second-order valence-corrected chi connectivity index (χ2v) is 5.12. The number of hydrogen-bond acceptors (Lipinski definition) is 3. The Bertz CT molecular complexity index is 659. The number of alkyl halides is 3. The minimum atomic E-state index is -4.49. The van der Waals surface area contributed by atoms with Gasteiger partial charge in [-0.15, -0.1) is 0 Å². The summed E-state index contributed by atoms with van der Waals surface area (Å²) in [6.07, 6.45) is -4.49. The van der Waals surface area contributed by atoms with E-state index in [0.717, 1.165) is 6.07 Å². The van der Waals surface area contributed by atoms with Crippen molar-refractivity contribution in [1.29, 1.82) is 0 Å². The minimum absolute atomic E-state index is 0.283. The van der Waals surface area contributed by atoms with Crippen molar-refractivity contribution in [2.75, 3.05) is 18.2 Å². The number of anilines is 3. The van der Waals surface area contributed by atoms with Gasteiger partial charge in [0.25, 0.3) is 0 Å². The third-order valence-electron chi connectivity index (χ3n) is 2.81. The molecule has 0 unspecified atom stereocenters. The van der Waals surface area contributed by atoms with Gasteiger partial charge in [0.1, 0.15) is 5.75 Å². The lowest BCUT2D eigenvalue weighted by atomic mass is 10.1. The van der Waals surface area contributed by atoms with E-state index in [1.54, 1.807) is 18.2 Å². The van der Waals surface area contributed by atoms with Crippen LogP contribution in [0.4, 0.5) is 30.2 Å². The Balaban J connectivity index is 2.36. The average molecular weight is 361 g/mol. The van der Waals surface area contributed by atoms with Gasteiger partial charge in [0, 0.05) is 21.9 Å². The molecule has 112 valence electrons. The fourth-order valence-electron chi connectivity index (χ4n) is 1.76. The second-order valence-electron chi connectivity index (χ2n) is 4.27. The molecule has 0 aliphatic carbocycles. The molecule has 0 saturated carbocycles. The first-order valence-corrected chi connectivity index (χ1v) is 6.68. The summed E-state index contributed by atoms with van der Waals surface area (Å²) in [5.41, 5.74) is 5.06. The van der Waals surface area contributed by atoms with Crippen molar-refractivity contribution >= 4 is 33.0 Å². The van der Waals surface area contributed by atoms with Gasteiger partial charge in [0.2, 0.25) is 0 Å². The van der Waals surface area contributed by atoms with Gasteiger partial charge in [0.05, 0.1) is 18.4 Å². The highest BCUT2D eigenvalue weighted by Crippen LogP contribution is 2.36. The Kier molecular flexibility index (Phi) is 4.32. The summed E-state index contributed by atoms with van der Waals surface area (Å²) in [6.45, 7) is 0. The van der Waals surface area contributed by atoms with Gasteiger partial charge in [-0.2, -0.15) is 13.2 Å². The number of nitrogens with two attached hydrogens (primary N) is 1. The third-order valence-corrected chi connectivity index (χ3v) is 3.50. The maximum atomic E-state index is 12.8. The fourth-order valence-corrected chi connectivity index (χ4v) is 2.11. The molecule has 3 N–H and O–H groups in total. The van der Waals surface area contributed by atoms with E-state index in [-0.39, 0.29) is 11.4 Å². The zero-order valence-electron chi connectivity index (χ0n) is 11.0. The van der Waals surface area contributed by atoms with Crippen molar-refractivity contribution in [1.82, 2.24) is 0 Å². The normalized spacial score (nSPS) is 11.3. The first-order chi connectivity index (χ1) is 9.81. The molecule has 0 saturated heterocycles. The largest absolute Gasteiger partial charge is 0.497 e. The van der Waals surface area contributed by atoms with Gasteiger partial charge < -0.3 is 15.8 Å². The molecule has 7 heteroatoms. The highest BCUT2D eigenvalue weighted by Gasteiger charge is 2.33. The van der Waals surface area contributed by atoms with Crippen LogP contribution in [0.1, 0.15) is 5.56 Å². The lowest BCUT2D eigenvalue weighted by Crippen LogP contribution is -2.09. The van der Waals surface area contributed by atoms with Crippen LogP contribution < -0.4 is 15.8 Å². The SMILES string of the molecule is COc1ccc(Br)c(Nc2ccc(N)c(C(F)(F)F)c2)c1. The topological polar surface area (TPSA) is 47.3 Å². The van der Waals surface area contributed by atoms with E-state index in [2.05, 4.69) is 21.2 Å². The molecule has 0 amide bonds. The van der Waals surface area contributed by atoms with Crippen molar-refractivity contribution in [3.63, 3.8) is 0 Å². The number of ether oxygens (including phenoxy) is 1. The van der Waals surface area contributed by atoms with E-state index < -0.39 is 11.7 Å². The maximum absolute atomic E-state index is 12.8. The molecular weight excluding hydrogens is 349 g/mol.